The molecule has 0 saturated carbocycles. The Morgan fingerprint density at radius 2 is 0.982 bits per heavy atom. The minimum Gasteiger partial charge on any atom is -0.309 e. The van der Waals surface area contributed by atoms with E-state index in [-0.39, 0.29) is 0 Å². The third-order valence-electron chi connectivity index (χ3n) is 11.3. The maximum atomic E-state index is 5.46. The second-order valence-corrected chi connectivity index (χ2v) is 15.7. The molecule has 0 atom stereocenters. The van der Waals surface area contributed by atoms with Crippen LogP contribution in [-0.4, -0.2) is 19.1 Å². The van der Waals surface area contributed by atoms with E-state index in [0.29, 0.717) is 5.95 Å². The van der Waals surface area contributed by atoms with Gasteiger partial charge in [-0.15, -0.1) is 11.3 Å². The molecule has 12 rings (SSSR count). The Kier molecular flexibility index (Phi) is 7.06. The van der Waals surface area contributed by atoms with Crippen LogP contribution < -0.4 is 0 Å². The van der Waals surface area contributed by atoms with Crippen molar-refractivity contribution in [1.82, 2.24) is 19.1 Å². The summed E-state index contributed by atoms with van der Waals surface area (Å²) in [5, 5.41) is 7.17. The fourth-order valence-corrected chi connectivity index (χ4v) is 9.84. The Morgan fingerprint density at radius 1 is 0.386 bits per heavy atom. The molecule has 0 aliphatic rings. The zero-order valence-corrected chi connectivity index (χ0v) is 31.5. The molecule has 0 amide bonds. The van der Waals surface area contributed by atoms with Gasteiger partial charge >= 0.3 is 0 Å². The molecule has 5 heteroatoms. The number of fused-ring (bicyclic) bond motifs is 9. The van der Waals surface area contributed by atoms with Crippen LogP contribution in [0.3, 0.4) is 0 Å². The zero-order valence-electron chi connectivity index (χ0n) is 30.7. The van der Waals surface area contributed by atoms with Crippen molar-refractivity contribution in [3.05, 3.63) is 194 Å². The fourth-order valence-electron chi connectivity index (χ4n) is 8.73. The number of nitrogens with zero attached hydrogens (tertiary/aromatic N) is 4. The molecule has 0 unspecified atom stereocenters. The van der Waals surface area contributed by atoms with E-state index >= 15 is 0 Å². The van der Waals surface area contributed by atoms with E-state index in [0.717, 1.165) is 38.2 Å². The second-order valence-electron chi connectivity index (χ2n) is 14.6. The van der Waals surface area contributed by atoms with Gasteiger partial charge in [0.05, 0.1) is 38.0 Å². The molecule has 0 fully saturated rings. The summed E-state index contributed by atoms with van der Waals surface area (Å²) in [6.45, 7) is 0. The first-order valence-corrected chi connectivity index (χ1v) is 20.1. The van der Waals surface area contributed by atoms with Crippen molar-refractivity contribution in [1.29, 1.82) is 0 Å². The highest BCUT2D eigenvalue weighted by atomic mass is 32.1. The van der Waals surface area contributed by atoms with Crippen LogP contribution in [0.25, 0.3) is 109 Å². The Bertz CT molecular complexity index is 3510. The smallest absolute Gasteiger partial charge is 0.235 e. The first-order valence-electron chi connectivity index (χ1n) is 19.2. The average Bonchev–Trinajstić information content (AvgIpc) is 3.97. The Labute approximate surface area is 332 Å². The van der Waals surface area contributed by atoms with Gasteiger partial charge in [0, 0.05) is 43.1 Å². The lowest BCUT2D eigenvalue weighted by Gasteiger charge is -2.11. The van der Waals surface area contributed by atoms with Gasteiger partial charge in [-0.05, 0) is 70.6 Å². The quantitative estimate of drug-likeness (QED) is 0.176. The predicted molar refractivity (Wildman–Crippen MR) is 240 cm³/mol. The Balaban J connectivity index is 1.11. The minimum absolute atomic E-state index is 0.665. The summed E-state index contributed by atoms with van der Waals surface area (Å²) in [6.07, 6.45) is 0. The summed E-state index contributed by atoms with van der Waals surface area (Å²) in [6, 6.07) is 69.6. The topological polar surface area (TPSA) is 35.6 Å². The normalized spacial score (nSPS) is 11.9. The van der Waals surface area contributed by atoms with Gasteiger partial charge in [-0.3, -0.25) is 4.57 Å². The van der Waals surface area contributed by atoms with Crippen LogP contribution in [0.1, 0.15) is 0 Å². The van der Waals surface area contributed by atoms with E-state index < -0.39 is 0 Å². The van der Waals surface area contributed by atoms with Crippen LogP contribution in [0.4, 0.5) is 0 Å². The van der Waals surface area contributed by atoms with Crippen LogP contribution in [0.15, 0.2) is 194 Å². The van der Waals surface area contributed by atoms with Crippen molar-refractivity contribution in [2.75, 3.05) is 0 Å². The molecular formula is C52H32N4S. The third kappa shape index (κ3) is 4.99. The lowest BCUT2D eigenvalue weighted by Crippen LogP contribution is -2.03. The van der Waals surface area contributed by atoms with Crippen molar-refractivity contribution < 1.29 is 0 Å². The maximum absolute atomic E-state index is 5.46. The Hall–Kier alpha value is -7.34. The van der Waals surface area contributed by atoms with E-state index in [1.807, 2.05) is 0 Å². The predicted octanol–water partition coefficient (Wildman–Crippen LogP) is 14.0. The molecule has 0 aliphatic carbocycles. The summed E-state index contributed by atoms with van der Waals surface area (Å²) in [5.41, 5.74) is 12.2. The van der Waals surface area contributed by atoms with Crippen molar-refractivity contribution in [2.24, 2.45) is 0 Å². The molecule has 0 N–H and O–H groups in total. The molecule has 57 heavy (non-hydrogen) atoms. The molecule has 0 saturated heterocycles. The summed E-state index contributed by atoms with van der Waals surface area (Å²) in [7, 11) is 0. The number of para-hydroxylation sites is 2. The van der Waals surface area contributed by atoms with E-state index in [9.17, 15) is 0 Å². The monoisotopic (exact) mass is 744 g/mol. The molecule has 0 bridgehead atoms. The van der Waals surface area contributed by atoms with Gasteiger partial charge in [0.1, 0.15) is 0 Å². The van der Waals surface area contributed by atoms with Crippen molar-refractivity contribution in [2.45, 2.75) is 0 Å². The van der Waals surface area contributed by atoms with Crippen molar-refractivity contribution in [3.8, 4) is 44.5 Å². The summed E-state index contributed by atoms with van der Waals surface area (Å²) in [4.78, 5) is 12.0. The number of hydrogen-bond donors (Lipinski definition) is 0. The molecule has 4 heterocycles. The van der Waals surface area contributed by atoms with Crippen LogP contribution >= 0.6 is 11.3 Å². The molecule has 4 aromatic heterocycles. The average molecular weight is 745 g/mol. The fraction of sp³-hybridized carbons (Fsp3) is 0. The van der Waals surface area contributed by atoms with Gasteiger partial charge in [0.2, 0.25) is 5.95 Å². The largest absolute Gasteiger partial charge is 0.309 e. The first-order chi connectivity index (χ1) is 28.3. The molecule has 266 valence electrons. The highest BCUT2D eigenvalue weighted by Gasteiger charge is 2.22. The lowest BCUT2D eigenvalue weighted by atomic mass is 10.00. The van der Waals surface area contributed by atoms with Crippen LogP contribution in [0.2, 0.25) is 0 Å². The molecule has 12 aromatic rings. The number of rotatable bonds is 5. The SMILES string of the molecule is c1ccc(-c2cc3nc(-n4c5ccc(-c6ccc7c(c6)c6ccccc6n7-c6ccccc6)cc5c5ccc6ccccc6c54)nc(-c4ccccc4)c3s2)cc1. The van der Waals surface area contributed by atoms with E-state index in [1.165, 1.54) is 64.9 Å². The minimum atomic E-state index is 0.665. The highest BCUT2D eigenvalue weighted by molar-refractivity contribution is 7.22. The Morgan fingerprint density at radius 3 is 1.74 bits per heavy atom. The van der Waals surface area contributed by atoms with E-state index in [4.69, 9.17) is 9.97 Å². The van der Waals surface area contributed by atoms with Crippen molar-refractivity contribution in [3.63, 3.8) is 0 Å². The third-order valence-corrected chi connectivity index (χ3v) is 12.5. The number of thiophene rings is 1. The van der Waals surface area contributed by atoms with E-state index in [2.05, 4.69) is 203 Å². The summed E-state index contributed by atoms with van der Waals surface area (Å²) in [5.74, 6) is 0.665. The van der Waals surface area contributed by atoms with Gasteiger partial charge in [-0.1, -0.05) is 146 Å². The molecule has 0 aliphatic heterocycles. The highest BCUT2D eigenvalue weighted by Crippen LogP contribution is 2.42. The zero-order chi connectivity index (χ0) is 37.5. The number of hydrogen-bond acceptors (Lipinski definition) is 3. The van der Waals surface area contributed by atoms with Gasteiger partial charge in [-0.25, -0.2) is 9.97 Å². The maximum Gasteiger partial charge on any atom is 0.235 e. The molecule has 4 nitrogen and oxygen atoms in total. The second kappa shape index (κ2) is 12.6. The first kappa shape index (κ1) is 32.0. The van der Waals surface area contributed by atoms with Gasteiger partial charge < -0.3 is 4.57 Å². The molecular weight excluding hydrogens is 713 g/mol. The number of benzene rings is 8. The van der Waals surface area contributed by atoms with Crippen LogP contribution in [-0.2, 0) is 0 Å². The molecule has 0 radical (unpaired) electrons. The molecule has 8 aromatic carbocycles. The van der Waals surface area contributed by atoms with Gasteiger partial charge in [-0.2, -0.15) is 0 Å². The number of aromatic nitrogens is 4. The lowest BCUT2D eigenvalue weighted by molar-refractivity contribution is 1.02. The summed E-state index contributed by atoms with van der Waals surface area (Å²) >= 11 is 1.75. The van der Waals surface area contributed by atoms with Crippen molar-refractivity contribution >= 4 is 75.9 Å². The molecule has 0 spiro atoms. The van der Waals surface area contributed by atoms with Crippen LogP contribution in [0, 0.1) is 0 Å². The summed E-state index contributed by atoms with van der Waals surface area (Å²) < 4.78 is 5.74. The van der Waals surface area contributed by atoms with Gasteiger partial charge in [0.25, 0.3) is 0 Å². The standard InChI is InChI=1S/C52H32N4S/c1-4-15-34(16-5-1)48-32-44-51(57-48)49(35-17-6-2-7-18-35)54-52(53-44)56-47-29-26-37(31-43(47)41-27-24-33-14-10-11-21-39(33)50(41)56)36-25-28-46-42(30-36)40-22-12-13-23-45(40)55(46)38-19-8-3-9-20-38/h1-32H. The van der Waals surface area contributed by atoms with Crippen LogP contribution in [0.5, 0.6) is 0 Å². The van der Waals surface area contributed by atoms with Gasteiger partial charge in [0.15, 0.2) is 0 Å². The van der Waals surface area contributed by atoms with E-state index in [1.54, 1.807) is 11.3 Å².